The molecule has 2 aromatic rings. The van der Waals surface area contributed by atoms with Crippen LogP contribution in [0.25, 0.3) is 11.0 Å². The molecular weight excluding hydrogens is 246 g/mol. The summed E-state index contributed by atoms with van der Waals surface area (Å²) < 4.78 is 2.40. The lowest BCUT2D eigenvalue weighted by atomic mass is 10.00. The van der Waals surface area contributed by atoms with Crippen LogP contribution >= 0.6 is 0 Å². The first-order valence-corrected chi connectivity index (χ1v) is 7.64. The standard InChI is InChI=1S/C17H27N3/c1-6-13(7-2)16-19-14-10-12(11-18)8-9-15(14)20(16)17(3,4)5/h8-10,13H,6-7,11,18H2,1-5H3. The van der Waals surface area contributed by atoms with Crippen molar-refractivity contribution in [3.63, 3.8) is 0 Å². The predicted octanol–water partition coefficient (Wildman–Crippen LogP) is 4.15. The molecule has 3 nitrogen and oxygen atoms in total. The highest BCUT2D eigenvalue weighted by Gasteiger charge is 2.25. The number of benzene rings is 1. The lowest BCUT2D eigenvalue weighted by Gasteiger charge is -2.27. The quantitative estimate of drug-likeness (QED) is 0.909. The van der Waals surface area contributed by atoms with Crippen molar-refractivity contribution in [3.05, 3.63) is 29.6 Å². The molecule has 0 saturated carbocycles. The minimum Gasteiger partial charge on any atom is -0.326 e. The first-order valence-electron chi connectivity index (χ1n) is 7.64. The number of aromatic nitrogens is 2. The van der Waals surface area contributed by atoms with Gasteiger partial charge in [-0.1, -0.05) is 19.9 Å². The van der Waals surface area contributed by atoms with Gasteiger partial charge in [0, 0.05) is 18.0 Å². The maximum atomic E-state index is 5.75. The van der Waals surface area contributed by atoms with Crippen molar-refractivity contribution in [3.8, 4) is 0 Å². The first kappa shape index (κ1) is 15.0. The Labute approximate surface area is 122 Å². The van der Waals surface area contributed by atoms with Crippen LogP contribution in [0.3, 0.4) is 0 Å². The minimum absolute atomic E-state index is 0.0386. The van der Waals surface area contributed by atoms with E-state index in [0.717, 1.165) is 23.9 Å². The molecule has 1 aromatic carbocycles. The fourth-order valence-corrected chi connectivity index (χ4v) is 2.90. The highest BCUT2D eigenvalue weighted by atomic mass is 15.1. The largest absolute Gasteiger partial charge is 0.326 e. The van der Waals surface area contributed by atoms with Gasteiger partial charge in [0.25, 0.3) is 0 Å². The number of hydrogen-bond donors (Lipinski definition) is 1. The smallest absolute Gasteiger partial charge is 0.113 e. The highest BCUT2D eigenvalue weighted by Crippen LogP contribution is 2.32. The number of nitrogens with two attached hydrogens (primary N) is 1. The summed E-state index contributed by atoms with van der Waals surface area (Å²) in [6.07, 6.45) is 2.25. The topological polar surface area (TPSA) is 43.8 Å². The Balaban J connectivity index is 2.72. The Morgan fingerprint density at radius 1 is 1.20 bits per heavy atom. The molecular formula is C17H27N3. The van der Waals surface area contributed by atoms with Crippen LogP contribution in [-0.4, -0.2) is 9.55 Å². The van der Waals surface area contributed by atoms with E-state index in [1.165, 1.54) is 11.3 Å². The molecule has 0 aliphatic heterocycles. The Kier molecular flexibility index (Phi) is 4.19. The molecule has 2 N–H and O–H groups in total. The van der Waals surface area contributed by atoms with Gasteiger partial charge in [-0.2, -0.15) is 0 Å². The van der Waals surface area contributed by atoms with Gasteiger partial charge in [-0.05, 0) is 51.3 Å². The summed E-state index contributed by atoms with van der Waals surface area (Å²) in [5.41, 5.74) is 9.23. The molecule has 1 aromatic heterocycles. The van der Waals surface area contributed by atoms with Crippen molar-refractivity contribution in [1.29, 1.82) is 0 Å². The molecule has 0 atom stereocenters. The third-order valence-corrected chi connectivity index (χ3v) is 4.00. The zero-order chi connectivity index (χ0) is 14.9. The number of nitrogens with zero attached hydrogens (tertiary/aromatic N) is 2. The Hall–Kier alpha value is -1.35. The van der Waals surface area contributed by atoms with Gasteiger partial charge < -0.3 is 10.3 Å². The van der Waals surface area contributed by atoms with Gasteiger partial charge in [-0.25, -0.2) is 4.98 Å². The summed E-state index contributed by atoms with van der Waals surface area (Å²) in [5.74, 6) is 1.73. The fraction of sp³-hybridized carbons (Fsp3) is 0.588. The van der Waals surface area contributed by atoms with Gasteiger partial charge in [0.05, 0.1) is 11.0 Å². The number of hydrogen-bond acceptors (Lipinski definition) is 2. The molecule has 0 saturated heterocycles. The Bertz CT molecular complexity index is 586. The first-order chi connectivity index (χ1) is 9.42. The molecule has 0 bridgehead atoms. The second-order valence-electron chi connectivity index (χ2n) is 6.52. The van der Waals surface area contributed by atoms with Crippen molar-refractivity contribution in [2.24, 2.45) is 5.73 Å². The molecule has 0 radical (unpaired) electrons. The molecule has 0 unspecified atom stereocenters. The van der Waals surface area contributed by atoms with Gasteiger partial charge in [0.15, 0.2) is 0 Å². The summed E-state index contributed by atoms with van der Waals surface area (Å²) in [6, 6.07) is 6.41. The average Bonchev–Trinajstić information content (AvgIpc) is 2.77. The van der Waals surface area contributed by atoms with Crippen molar-refractivity contribution in [2.45, 2.75) is 65.5 Å². The third-order valence-electron chi connectivity index (χ3n) is 4.00. The number of imidazole rings is 1. The van der Waals surface area contributed by atoms with Crippen LogP contribution < -0.4 is 5.73 Å². The number of rotatable bonds is 4. The third kappa shape index (κ3) is 2.59. The summed E-state index contributed by atoms with van der Waals surface area (Å²) >= 11 is 0. The predicted molar refractivity (Wildman–Crippen MR) is 85.9 cm³/mol. The number of fused-ring (bicyclic) bond motifs is 1. The lowest BCUT2D eigenvalue weighted by molar-refractivity contribution is 0.378. The molecule has 110 valence electrons. The molecule has 2 rings (SSSR count). The van der Waals surface area contributed by atoms with E-state index in [2.05, 4.69) is 57.4 Å². The van der Waals surface area contributed by atoms with Crippen LogP contribution in [-0.2, 0) is 12.1 Å². The zero-order valence-electron chi connectivity index (χ0n) is 13.4. The second-order valence-corrected chi connectivity index (χ2v) is 6.52. The lowest BCUT2D eigenvalue weighted by Crippen LogP contribution is -2.25. The van der Waals surface area contributed by atoms with Crippen molar-refractivity contribution >= 4 is 11.0 Å². The van der Waals surface area contributed by atoms with Gasteiger partial charge in [-0.3, -0.25) is 0 Å². The van der Waals surface area contributed by atoms with Crippen LogP contribution in [0.5, 0.6) is 0 Å². The van der Waals surface area contributed by atoms with Crippen LogP contribution in [0.2, 0.25) is 0 Å². The molecule has 0 spiro atoms. The molecule has 0 amide bonds. The molecule has 20 heavy (non-hydrogen) atoms. The van der Waals surface area contributed by atoms with E-state index in [1.807, 2.05) is 0 Å². The van der Waals surface area contributed by atoms with Gasteiger partial charge >= 0.3 is 0 Å². The normalized spacial score (nSPS) is 12.6. The SMILES string of the molecule is CCC(CC)c1nc2cc(CN)ccc2n1C(C)(C)C. The highest BCUT2D eigenvalue weighted by molar-refractivity contribution is 5.77. The van der Waals surface area contributed by atoms with E-state index >= 15 is 0 Å². The van der Waals surface area contributed by atoms with E-state index < -0.39 is 0 Å². The van der Waals surface area contributed by atoms with Gasteiger partial charge in [0.1, 0.15) is 5.82 Å². The van der Waals surface area contributed by atoms with Crippen LogP contribution in [0.4, 0.5) is 0 Å². The average molecular weight is 273 g/mol. The summed E-state index contributed by atoms with van der Waals surface area (Å²) in [4.78, 5) is 4.94. The molecule has 3 heteroatoms. The summed E-state index contributed by atoms with van der Waals surface area (Å²) in [5, 5.41) is 0. The second kappa shape index (κ2) is 5.57. The molecule has 0 fully saturated rings. The van der Waals surface area contributed by atoms with E-state index in [9.17, 15) is 0 Å². The van der Waals surface area contributed by atoms with E-state index in [-0.39, 0.29) is 5.54 Å². The van der Waals surface area contributed by atoms with E-state index in [0.29, 0.717) is 12.5 Å². The molecule has 0 aliphatic rings. The minimum atomic E-state index is 0.0386. The van der Waals surface area contributed by atoms with Crippen molar-refractivity contribution < 1.29 is 0 Å². The maximum Gasteiger partial charge on any atom is 0.113 e. The zero-order valence-corrected chi connectivity index (χ0v) is 13.4. The maximum absolute atomic E-state index is 5.75. The van der Waals surface area contributed by atoms with E-state index in [1.54, 1.807) is 0 Å². The van der Waals surface area contributed by atoms with Crippen molar-refractivity contribution in [2.75, 3.05) is 0 Å². The Morgan fingerprint density at radius 2 is 1.85 bits per heavy atom. The van der Waals surface area contributed by atoms with E-state index in [4.69, 9.17) is 10.7 Å². The van der Waals surface area contributed by atoms with Gasteiger partial charge in [0.2, 0.25) is 0 Å². The van der Waals surface area contributed by atoms with Crippen LogP contribution in [0, 0.1) is 0 Å². The molecule has 0 aliphatic carbocycles. The fourth-order valence-electron chi connectivity index (χ4n) is 2.90. The Morgan fingerprint density at radius 3 is 2.35 bits per heavy atom. The summed E-state index contributed by atoms with van der Waals surface area (Å²) in [6.45, 7) is 11.8. The summed E-state index contributed by atoms with van der Waals surface area (Å²) in [7, 11) is 0. The van der Waals surface area contributed by atoms with Crippen molar-refractivity contribution in [1.82, 2.24) is 9.55 Å². The van der Waals surface area contributed by atoms with Crippen LogP contribution in [0.1, 0.15) is 64.8 Å². The van der Waals surface area contributed by atoms with Gasteiger partial charge in [-0.15, -0.1) is 0 Å². The molecule has 1 heterocycles. The van der Waals surface area contributed by atoms with Crippen LogP contribution in [0.15, 0.2) is 18.2 Å². The monoisotopic (exact) mass is 273 g/mol.